The quantitative estimate of drug-likeness (QED) is 0.186. The number of hydrogen-bond acceptors (Lipinski definition) is 3. The predicted octanol–water partition coefficient (Wildman–Crippen LogP) is 12.3. The number of phenolic OH excluding ortho intramolecular Hbond substituents is 1. The molecule has 0 aliphatic heterocycles. The number of aromatic hydroxyl groups is 1. The van der Waals surface area contributed by atoms with Crippen LogP contribution in [-0.2, 0) is 5.41 Å². The fraction of sp³-hybridized carbons (Fsp3) is 0.217. The fourth-order valence-corrected chi connectivity index (χ4v) is 6.92. The lowest BCUT2D eigenvalue weighted by Gasteiger charge is -2.24. The van der Waals surface area contributed by atoms with Crippen LogP contribution in [-0.4, -0.2) is 19.6 Å². The van der Waals surface area contributed by atoms with Gasteiger partial charge in [0.2, 0.25) is 0 Å². The zero-order valence-corrected chi connectivity index (χ0v) is 30.1. The summed E-state index contributed by atoms with van der Waals surface area (Å²) in [6.45, 7) is 15.8. The molecular formula is C46H45N3O. The number of benzene rings is 5. The summed E-state index contributed by atoms with van der Waals surface area (Å²) in [7, 11) is 0. The van der Waals surface area contributed by atoms with Gasteiger partial charge in [-0.05, 0) is 105 Å². The van der Waals surface area contributed by atoms with Gasteiger partial charge in [0.1, 0.15) is 11.6 Å². The van der Waals surface area contributed by atoms with Crippen molar-refractivity contribution >= 4 is 11.0 Å². The van der Waals surface area contributed by atoms with E-state index in [0.717, 1.165) is 44.9 Å². The van der Waals surface area contributed by atoms with Gasteiger partial charge in [0.25, 0.3) is 0 Å². The average molecular weight is 656 g/mol. The van der Waals surface area contributed by atoms with E-state index in [-0.39, 0.29) is 23.0 Å². The molecule has 2 aromatic heterocycles. The summed E-state index contributed by atoms with van der Waals surface area (Å²) in [6.07, 6.45) is 1.85. The molecule has 0 spiro atoms. The summed E-state index contributed by atoms with van der Waals surface area (Å²) in [6, 6.07) is 42.2. The second-order valence-corrected chi connectivity index (χ2v) is 14.9. The van der Waals surface area contributed by atoms with E-state index in [1.165, 1.54) is 27.8 Å². The number of hydrogen-bond donors (Lipinski definition) is 1. The minimum atomic E-state index is -0.0768. The molecule has 0 aliphatic carbocycles. The summed E-state index contributed by atoms with van der Waals surface area (Å²) < 4.78 is 2.31. The van der Waals surface area contributed by atoms with Crippen LogP contribution < -0.4 is 0 Å². The van der Waals surface area contributed by atoms with E-state index >= 15 is 0 Å². The Morgan fingerprint density at radius 2 is 1.24 bits per heavy atom. The van der Waals surface area contributed by atoms with Crippen LogP contribution >= 0.6 is 0 Å². The third kappa shape index (κ3) is 6.11. The number of nitrogens with zero attached hydrogens (tertiary/aromatic N) is 3. The molecule has 0 bridgehead atoms. The Morgan fingerprint density at radius 3 is 1.88 bits per heavy atom. The van der Waals surface area contributed by atoms with Gasteiger partial charge in [-0.3, -0.25) is 9.55 Å². The molecule has 0 radical (unpaired) electrons. The lowest BCUT2D eigenvalue weighted by atomic mass is 9.83. The summed E-state index contributed by atoms with van der Waals surface area (Å²) in [5, 5.41) is 11.3. The summed E-state index contributed by atoms with van der Waals surface area (Å²) >= 11 is 0. The third-order valence-electron chi connectivity index (χ3n) is 9.64. The number of fused-ring (bicyclic) bond motifs is 1. The first-order chi connectivity index (χ1) is 24.0. The van der Waals surface area contributed by atoms with Gasteiger partial charge in [0.05, 0.1) is 28.0 Å². The van der Waals surface area contributed by atoms with E-state index in [9.17, 15) is 5.11 Å². The van der Waals surface area contributed by atoms with Gasteiger partial charge in [-0.2, -0.15) is 0 Å². The van der Waals surface area contributed by atoms with Gasteiger partial charge in [-0.1, -0.05) is 115 Å². The van der Waals surface area contributed by atoms with Crippen LogP contribution in [0.15, 0.2) is 128 Å². The van der Waals surface area contributed by atoms with Gasteiger partial charge in [-0.15, -0.1) is 0 Å². The summed E-state index contributed by atoms with van der Waals surface area (Å²) in [4.78, 5) is 10.2. The van der Waals surface area contributed by atoms with Crippen molar-refractivity contribution in [3.63, 3.8) is 0 Å². The van der Waals surface area contributed by atoms with Crippen molar-refractivity contribution in [1.29, 1.82) is 0 Å². The fourth-order valence-electron chi connectivity index (χ4n) is 6.92. The molecule has 0 amide bonds. The Morgan fingerprint density at radius 1 is 0.600 bits per heavy atom. The largest absolute Gasteiger partial charge is 0.507 e. The number of aromatic nitrogens is 3. The van der Waals surface area contributed by atoms with Gasteiger partial charge < -0.3 is 5.11 Å². The Bertz CT molecular complexity index is 2280. The highest BCUT2D eigenvalue weighted by Crippen LogP contribution is 2.43. The maximum atomic E-state index is 11.3. The minimum Gasteiger partial charge on any atom is -0.507 e. The van der Waals surface area contributed by atoms with Gasteiger partial charge in [0, 0.05) is 17.3 Å². The first kappa shape index (κ1) is 33.0. The van der Waals surface area contributed by atoms with Crippen molar-refractivity contribution in [3.05, 3.63) is 144 Å². The SMILES string of the molecule is CC(C)c1cc(-c2ccccc2)cc(C(C)C)c1-n1c(-c2ccccc2O)nc2c(-c3cc(-c4ccccn4)cc(C(C)(C)C)c3)cccc21. The summed E-state index contributed by atoms with van der Waals surface area (Å²) in [5.74, 6) is 1.39. The second-order valence-electron chi connectivity index (χ2n) is 14.9. The van der Waals surface area contributed by atoms with Crippen molar-refractivity contribution in [3.8, 4) is 56.3 Å². The molecule has 4 nitrogen and oxygen atoms in total. The average Bonchev–Trinajstić information content (AvgIpc) is 3.50. The number of pyridine rings is 1. The lowest BCUT2D eigenvalue weighted by Crippen LogP contribution is -2.11. The molecule has 4 heteroatoms. The second kappa shape index (κ2) is 13.1. The maximum Gasteiger partial charge on any atom is 0.149 e. The number of rotatable bonds is 7. The van der Waals surface area contributed by atoms with Crippen molar-refractivity contribution < 1.29 is 5.11 Å². The zero-order valence-electron chi connectivity index (χ0n) is 30.1. The monoisotopic (exact) mass is 655 g/mol. The molecule has 2 heterocycles. The smallest absolute Gasteiger partial charge is 0.149 e. The van der Waals surface area contributed by atoms with E-state index in [2.05, 4.69) is 138 Å². The van der Waals surface area contributed by atoms with Crippen molar-refractivity contribution in [1.82, 2.24) is 14.5 Å². The number of para-hydroxylation sites is 2. The molecular weight excluding hydrogens is 611 g/mol. The molecule has 7 aromatic rings. The van der Waals surface area contributed by atoms with Gasteiger partial charge in [0.15, 0.2) is 0 Å². The van der Waals surface area contributed by atoms with Crippen LogP contribution in [0.4, 0.5) is 0 Å². The maximum absolute atomic E-state index is 11.3. The molecule has 250 valence electrons. The van der Waals surface area contributed by atoms with E-state index in [4.69, 9.17) is 9.97 Å². The standard InChI is InChI=1S/C46H45N3O/c1-29(2)38-27-32(31-16-9-8-10-17-31)28-39(30(3)4)44(38)49-41-21-15-19-36(43(41)48-45(49)37-18-11-12-22-42(37)50)33-24-34(40-20-13-14-23-47-40)26-35(25-33)46(5,6)7/h8-30,50H,1-7H3. The van der Waals surface area contributed by atoms with E-state index in [0.29, 0.717) is 5.56 Å². The molecule has 0 saturated heterocycles. The molecule has 0 fully saturated rings. The highest BCUT2D eigenvalue weighted by Gasteiger charge is 2.26. The number of phenols is 1. The lowest BCUT2D eigenvalue weighted by molar-refractivity contribution is 0.477. The Balaban J connectivity index is 1.58. The van der Waals surface area contributed by atoms with Crippen molar-refractivity contribution in [2.75, 3.05) is 0 Å². The molecule has 0 unspecified atom stereocenters. The van der Waals surface area contributed by atoms with Crippen molar-refractivity contribution in [2.24, 2.45) is 0 Å². The molecule has 0 atom stereocenters. The molecule has 7 rings (SSSR count). The van der Waals surface area contributed by atoms with Crippen LogP contribution in [0.5, 0.6) is 5.75 Å². The third-order valence-corrected chi connectivity index (χ3v) is 9.64. The summed E-state index contributed by atoms with van der Waals surface area (Å²) in [5.41, 5.74) is 13.9. The topological polar surface area (TPSA) is 50.9 Å². The van der Waals surface area contributed by atoms with E-state index < -0.39 is 0 Å². The van der Waals surface area contributed by atoms with Crippen LogP contribution in [0.25, 0.3) is 61.6 Å². The van der Waals surface area contributed by atoms with Gasteiger partial charge >= 0.3 is 0 Å². The Kier molecular flexibility index (Phi) is 8.65. The van der Waals surface area contributed by atoms with Gasteiger partial charge in [-0.25, -0.2) is 4.98 Å². The van der Waals surface area contributed by atoms with E-state index in [1.54, 1.807) is 6.07 Å². The van der Waals surface area contributed by atoms with Crippen LogP contribution in [0.2, 0.25) is 0 Å². The Labute approximate surface area is 296 Å². The number of imidazole rings is 1. The normalized spacial score (nSPS) is 11.9. The van der Waals surface area contributed by atoms with Crippen LogP contribution in [0, 0.1) is 0 Å². The first-order valence-corrected chi connectivity index (χ1v) is 17.6. The first-order valence-electron chi connectivity index (χ1n) is 17.6. The van der Waals surface area contributed by atoms with Crippen LogP contribution in [0.1, 0.15) is 77.0 Å². The zero-order chi connectivity index (χ0) is 35.2. The molecule has 50 heavy (non-hydrogen) atoms. The highest BCUT2D eigenvalue weighted by atomic mass is 16.3. The molecule has 0 aliphatic rings. The minimum absolute atomic E-state index is 0.0768. The molecule has 0 saturated carbocycles. The highest BCUT2D eigenvalue weighted by molar-refractivity contribution is 5.97. The van der Waals surface area contributed by atoms with Crippen LogP contribution in [0.3, 0.4) is 0 Å². The van der Waals surface area contributed by atoms with E-state index in [1.807, 2.05) is 36.5 Å². The molecule has 1 N–H and O–H groups in total. The van der Waals surface area contributed by atoms with Crippen molar-refractivity contribution in [2.45, 2.75) is 65.7 Å². The Hall–Kier alpha value is -5.48. The predicted molar refractivity (Wildman–Crippen MR) is 209 cm³/mol. The molecule has 5 aromatic carbocycles.